The number of nitrogens with two attached hydrogens (primary N) is 1. The Bertz CT molecular complexity index is 734. The molecule has 1 atom stereocenters. The first-order valence-corrected chi connectivity index (χ1v) is 7.53. The molecule has 112 valence electrons. The van der Waals surface area contributed by atoms with Crippen LogP contribution >= 0.6 is 0 Å². The maximum Gasteiger partial charge on any atom is 0.0645 e. The van der Waals surface area contributed by atoms with E-state index in [2.05, 4.69) is 23.1 Å². The summed E-state index contributed by atoms with van der Waals surface area (Å²) in [6.45, 7) is 2.87. The molecule has 1 unspecified atom stereocenters. The van der Waals surface area contributed by atoms with Gasteiger partial charge < -0.3 is 5.73 Å². The lowest BCUT2D eigenvalue weighted by Crippen LogP contribution is -2.04. The third kappa shape index (κ3) is 3.07. The lowest BCUT2D eigenvalue weighted by molar-refractivity contribution is 0.687. The van der Waals surface area contributed by atoms with Gasteiger partial charge in [0.05, 0.1) is 11.9 Å². The number of nitrogens with zero attached hydrogens (tertiary/aromatic N) is 3. The first kappa shape index (κ1) is 14.5. The van der Waals surface area contributed by atoms with Gasteiger partial charge in [0.2, 0.25) is 0 Å². The van der Waals surface area contributed by atoms with Gasteiger partial charge in [-0.1, -0.05) is 25.1 Å². The van der Waals surface area contributed by atoms with Crippen LogP contribution in [0.5, 0.6) is 0 Å². The summed E-state index contributed by atoms with van der Waals surface area (Å²) in [6.07, 6.45) is 8.68. The second kappa shape index (κ2) is 6.54. The van der Waals surface area contributed by atoms with Crippen LogP contribution in [-0.2, 0) is 0 Å². The van der Waals surface area contributed by atoms with Gasteiger partial charge in [0.15, 0.2) is 0 Å². The Morgan fingerprint density at radius 3 is 2.68 bits per heavy atom. The van der Waals surface area contributed by atoms with E-state index in [0.717, 1.165) is 23.2 Å². The second-order valence-electron chi connectivity index (χ2n) is 5.49. The van der Waals surface area contributed by atoms with E-state index in [0.29, 0.717) is 12.5 Å². The Labute approximate surface area is 130 Å². The minimum absolute atomic E-state index is 0.418. The molecule has 4 nitrogen and oxygen atoms in total. The van der Waals surface area contributed by atoms with Crippen molar-refractivity contribution in [3.05, 3.63) is 66.7 Å². The summed E-state index contributed by atoms with van der Waals surface area (Å²) in [7, 11) is 0. The molecule has 0 aliphatic heterocycles. The summed E-state index contributed by atoms with van der Waals surface area (Å²) in [6, 6.07) is 12.3. The molecule has 1 aromatic carbocycles. The van der Waals surface area contributed by atoms with Crippen molar-refractivity contribution in [1.82, 2.24) is 14.8 Å². The van der Waals surface area contributed by atoms with E-state index >= 15 is 0 Å². The molecule has 0 saturated heterocycles. The number of aromatic nitrogens is 3. The number of rotatable bonds is 5. The molecule has 0 saturated carbocycles. The lowest BCUT2D eigenvalue weighted by atomic mass is 9.97. The zero-order valence-electron chi connectivity index (χ0n) is 12.7. The molecular formula is C18H20N4. The van der Waals surface area contributed by atoms with E-state index in [1.54, 1.807) is 0 Å². The Morgan fingerprint density at radius 1 is 1.09 bits per heavy atom. The van der Waals surface area contributed by atoms with Gasteiger partial charge in [-0.25, -0.2) is 4.68 Å². The highest BCUT2D eigenvalue weighted by atomic mass is 15.3. The molecule has 0 fully saturated rings. The van der Waals surface area contributed by atoms with E-state index in [9.17, 15) is 0 Å². The highest BCUT2D eigenvalue weighted by molar-refractivity contribution is 5.62. The summed E-state index contributed by atoms with van der Waals surface area (Å²) in [5.41, 5.74) is 10.1. The molecule has 0 amide bonds. The van der Waals surface area contributed by atoms with E-state index < -0.39 is 0 Å². The fourth-order valence-electron chi connectivity index (χ4n) is 2.50. The maximum atomic E-state index is 5.65. The summed E-state index contributed by atoms with van der Waals surface area (Å²) in [5, 5.41) is 4.44. The van der Waals surface area contributed by atoms with E-state index in [-0.39, 0.29) is 0 Å². The average Bonchev–Trinajstić information content (AvgIpc) is 3.06. The zero-order valence-corrected chi connectivity index (χ0v) is 12.7. The number of para-hydroxylation sites is 1. The molecule has 2 aromatic heterocycles. The summed E-state index contributed by atoms with van der Waals surface area (Å²) in [5.74, 6) is 0.418. The van der Waals surface area contributed by atoms with Crippen molar-refractivity contribution in [3.8, 4) is 16.8 Å². The van der Waals surface area contributed by atoms with Gasteiger partial charge in [0.1, 0.15) is 0 Å². The van der Waals surface area contributed by atoms with Gasteiger partial charge in [0, 0.05) is 29.7 Å². The van der Waals surface area contributed by atoms with Crippen LogP contribution in [0.15, 0.2) is 61.2 Å². The molecule has 0 aliphatic carbocycles. The normalized spacial score (nSPS) is 12.3. The van der Waals surface area contributed by atoms with Crippen molar-refractivity contribution < 1.29 is 0 Å². The van der Waals surface area contributed by atoms with Gasteiger partial charge in [-0.15, -0.1) is 0 Å². The Balaban J connectivity index is 1.89. The number of hydrogen-bond donors (Lipinski definition) is 1. The molecule has 2 heterocycles. The van der Waals surface area contributed by atoms with Crippen molar-refractivity contribution >= 4 is 0 Å². The van der Waals surface area contributed by atoms with Crippen LogP contribution in [0.3, 0.4) is 0 Å². The van der Waals surface area contributed by atoms with E-state index in [1.807, 2.05) is 59.8 Å². The SMILES string of the molecule is CC(CCN)c1cncc(-c2cnn(-c3ccccc3)c2)c1. The summed E-state index contributed by atoms with van der Waals surface area (Å²) in [4.78, 5) is 4.37. The van der Waals surface area contributed by atoms with Gasteiger partial charge >= 0.3 is 0 Å². The molecule has 0 bridgehead atoms. The van der Waals surface area contributed by atoms with Crippen molar-refractivity contribution in [3.63, 3.8) is 0 Å². The van der Waals surface area contributed by atoms with Crippen molar-refractivity contribution in [1.29, 1.82) is 0 Å². The fourth-order valence-corrected chi connectivity index (χ4v) is 2.50. The third-order valence-electron chi connectivity index (χ3n) is 3.86. The van der Waals surface area contributed by atoms with Crippen LogP contribution < -0.4 is 5.73 Å². The lowest BCUT2D eigenvalue weighted by Gasteiger charge is -2.10. The first-order valence-electron chi connectivity index (χ1n) is 7.53. The van der Waals surface area contributed by atoms with Crippen LogP contribution in [0, 0.1) is 0 Å². The Kier molecular flexibility index (Phi) is 4.30. The maximum absolute atomic E-state index is 5.65. The predicted molar refractivity (Wildman–Crippen MR) is 88.9 cm³/mol. The number of pyridine rings is 1. The molecule has 3 rings (SSSR count). The van der Waals surface area contributed by atoms with Crippen molar-refractivity contribution in [2.75, 3.05) is 6.54 Å². The third-order valence-corrected chi connectivity index (χ3v) is 3.86. The average molecular weight is 292 g/mol. The van der Waals surface area contributed by atoms with Crippen LogP contribution in [0.25, 0.3) is 16.8 Å². The molecule has 22 heavy (non-hydrogen) atoms. The van der Waals surface area contributed by atoms with Crippen LogP contribution in [0.2, 0.25) is 0 Å². The van der Waals surface area contributed by atoms with Crippen LogP contribution in [-0.4, -0.2) is 21.3 Å². The minimum atomic E-state index is 0.418. The monoisotopic (exact) mass is 292 g/mol. The van der Waals surface area contributed by atoms with Crippen molar-refractivity contribution in [2.45, 2.75) is 19.3 Å². The first-order chi connectivity index (χ1) is 10.8. The van der Waals surface area contributed by atoms with Gasteiger partial charge in [-0.3, -0.25) is 4.98 Å². The molecule has 3 aromatic rings. The van der Waals surface area contributed by atoms with Crippen LogP contribution in [0.4, 0.5) is 0 Å². The van der Waals surface area contributed by atoms with Gasteiger partial charge in [0.25, 0.3) is 0 Å². The largest absolute Gasteiger partial charge is 0.330 e. The van der Waals surface area contributed by atoms with E-state index in [4.69, 9.17) is 5.73 Å². The predicted octanol–water partition coefficient (Wildman–Crippen LogP) is 3.39. The molecule has 0 radical (unpaired) electrons. The molecular weight excluding hydrogens is 272 g/mol. The standard InChI is InChI=1S/C18H20N4/c1-14(7-8-19)15-9-16(11-20-10-15)17-12-21-22(13-17)18-5-3-2-4-6-18/h2-6,9-14H,7-8,19H2,1H3. The Hall–Kier alpha value is -2.46. The summed E-state index contributed by atoms with van der Waals surface area (Å²) >= 11 is 0. The second-order valence-corrected chi connectivity index (χ2v) is 5.49. The quantitative estimate of drug-likeness (QED) is 0.784. The van der Waals surface area contributed by atoms with Crippen LogP contribution in [0.1, 0.15) is 24.8 Å². The smallest absolute Gasteiger partial charge is 0.0645 e. The molecule has 2 N–H and O–H groups in total. The van der Waals surface area contributed by atoms with Crippen molar-refractivity contribution in [2.24, 2.45) is 5.73 Å². The zero-order chi connectivity index (χ0) is 15.4. The molecule has 4 heteroatoms. The molecule has 0 aliphatic rings. The van der Waals surface area contributed by atoms with Gasteiger partial charge in [-0.05, 0) is 42.6 Å². The summed E-state index contributed by atoms with van der Waals surface area (Å²) < 4.78 is 1.88. The highest BCUT2D eigenvalue weighted by Gasteiger charge is 2.08. The number of benzene rings is 1. The fraction of sp³-hybridized carbons (Fsp3) is 0.222. The Morgan fingerprint density at radius 2 is 1.91 bits per heavy atom. The molecule has 0 spiro atoms. The topological polar surface area (TPSA) is 56.7 Å². The van der Waals surface area contributed by atoms with Gasteiger partial charge in [-0.2, -0.15) is 5.10 Å². The number of hydrogen-bond acceptors (Lipinski definition) is 3. The minimum Gasteiger partial charge on any atom is -0.330 e. The highest BCUT2D eigenvalue weighted by Crippen LogP contribution is 2.24. The van der Waals surface area contributed by atoms with E-state index in [1.165, 1.54) is 5.56 Å².